The third-order valence-corrected chi connectivity index (χ3v) is 6.57. The maximum Gasteiger partial charge on any atom is 0.262 e. The number of hydrogen-bond donors (Lipinski definition) is 1. The third kappa shape index (κ3) is 2.56. The van der Waals surface area contributed by atoms with Gasteiger partial charge in [-0.05, 0) is 25.7 Å². The number of fused-ring (bicyclic) bond motifs is 1. The fourth-order valence-corrected chi connectivity index (χ4v) is 5.11. The summed E-state index contributed by atoms with van der Waals surface area (Å²) in [6.07, 6.45) is 3.61. The van der Waals surface area contributed by atoms with Gasteiger partial charge in [0.15, 0.2) is 15.8 Å². The first kappa shape index (κ1) is 14.8. The van der Waals surface area contributed by atoms with Gasteiger partial charge in [0.1, 0.15) is 0 Å². The van der Waals surface area contributed by atoms with E-state index in [4.69, 9.17) is 0 Å². The highest BCUT2D eigenvalue weighted by Crippen LogP contribution is 2.30. The van der Waals surface area contributed by atoms with Crippen LogP contribution in [0, 0.1) is 5.92 Å². The number of anilines is 1. The summed E-state index contributed by atoms with van der Waals surface area (Å²) in [6, 6.07) is 0. The second-order valence-electron chi connectivity index (χ2n) is 5.44. The first-order valence-corrected chi connectivity index (χ1v) is 9.55. The molecule has 2 aromatic heterocycles. The van der Waals surface area contributed by atoms with Crippen LogP contribution in [-0.2, 0) is 10.0 Å². The maximum atomic E-state index is 13.0. The number of hydrogen-bond acceptors (Lipinski definition) is 5. The van der Waals surface area contributed by atoms with Crippen molar-refractivity contribution in [3.8, 4) is 0 Å². The minimum absolute atomic E-state index is 0.273. The number of sulfonamides is 1. The van der Waals surface area contributed by atoms with Crippen molar-refractivity contribution in [3.05, 3.63) is 11.6 Å². The maximum absolute atomic E-state index is 13.0. The van der Waals surface area contributed by atoms with Crippen LogP contribution < -0.4 is 5.32 Å². The van der Waals surface area contributed by atoms with Gasteiger partial charge >= 0.3 is 0 Å². The quantitative estimate of drug-likeness (QED) is 0.935. The molecular weight excluding hydrogens is 308 g/mol. The van der Waals surface area contributed by atoms with Gasteiger partial charge in [0.2, 0.25) is 0 Å². The van der Waals surface area contributed by atoms with Crippen LogP contribution in [-0.4, -0.2) is 41.7 Å². The molecule has 1 saturated heterocycles. The molecule has 0 bridgehead atoms. The summed E-state index contributed by atoms with van der Waals surface area (Å²) in [5.41, 5.74) is 0. The zero-order chi connectivity index (χ0) is 15.0. The van der Waals surface area contributed by atoms with Crippen LogP contribution in [0.15, 0.2) is 16.6 Å². The number of rotatable bonds is 4. The molecule has 0 aromatic carbocycles. The number of imidazole rings is 1. The molecule has 1 N–H and O–H groups in total. The average molecular weight is 328 g/mol. The Kier molecular flexibility index (Phi) is 3.94. The van der Waals surface area contributed by atoms with E-state index in [9.17, 15) is 8.42 Å². The van der Waals surface area contributed by atoms with Gasteiger partial charge < -0.3 is 5.32 Å². The Morgan fingerprint density at radius 3 is 2.81 bits per heavy atom. The average Bonchev–Trinajstić information content (AvgIpc) is 2.99. The summed E-state index contributed by atoms with van der Waals surface area (Å²) >= 11 is 1.44. The van der Waals surface area contributed by atoms with Crippen LogP contribution in [0.3, 0.4) is 0 Å². The monoisotopic (exact) mass is 328 g/mol. The molecule has 0 spiro atoms. The van der Waals surface area contributed by atoms with E-state index in [-0.39, 0.29) is 5.03 Å². The van der Waals surface area contributed by atoms with Gasteiger partial charge in [0.05, 0.1) is 0 Å². The molecule has 1 fully saturated rings. The molecule has 0 atom stereocenters. The van der Waals surface area contributed by atoms with Gasteiger partial charge in [-0.25, -0.2) is 13.4 Å². The Bertz CT molecular complexity index is 727. The first-order chi connectivity index (χ1) is 10.0. The largest absolute Gasteiger partial charge is 0.368 e. The van der Waals surface area contributed by atoms with Crippen molar-refractivity contribution in [2.45, 2.75) is 31.7 Å². The highest BCUT2D eigenvalue weighted by Gasteiger charge is 2.33. The zero-order valence-electron chi connectivity index (χ0n) is 12.2. The fourth-order valence-electron chi connectivity index (χ4n) is 2.64. The van der Waals surface area contributed by atoms with Gasteiger partial charge in [-0.3, -0.25) is 4.40 Å². The molecule has 2 aromatic rings. The number of nitrogens with one attached hydrogen (secondary N) is 1. The molecule has 3 heterocycles. The minimum Gasteiger partial charge on any atom is -0.368 e. The fraction of sp³-hybridized carbons (Fsp3) is 0.615. The predicted octanol–water partition coefficient (Wildman–Crippen LogP) is 2.25. The van der Waals surface area contributed by atoms with E-state index < -0.39 is 10.0 Å². The molecule has 1 aliphatic heterocycles. The number of aromatic nitrogens is 2. The summed E-state index contributed by atoms with van der Waals surface area (Å²) in [5, 5.41) is 5.20. The molecule has 116 valence electrons. The Morgan fingerprint density at radius 2 is 2.14 bits per heavy atom. The number of nitrogens with zero attached hydrogens (tertiary/aromatic N) is 3. The summed E-state index contributed by atoms with van der Waals surface area (Å²) in [4.78, 5) is 5.11. The topological polar surface area (TPSA) is 66.7 Å². The van der Waals surface area contributed by atoms with Gasteiger partial charge in [0, 0.05) is 31.2 Å². The van der Waals surface area contributed by atoms with E-state index in [1.54, 1.807) is 14.9 Å². The normalized spacial score (nSPS) is 18.4. The standard InChI is InChI=1S/C13H20N4O2S2/c1-3-14-11-12(17-8-9-20-13(17)15-11)21(18,19)16-6-4-10(2)5-7-16/h8-10,14H,3-7H2,1-2H3. The smallest absolute Gasteiger partial charge is 0.262 e. The number of piperidine rings is 1. The highest BCUT2D eigenvalue weighted by molar-refractivity contribution is 7.89. The van der Waals surface area contributed by atoms with E-state index in [0.29, 0.717) is 36.3 Å². The van der Waals surface area contributed by atoms with Crippen LogP contribution in [0.4, 0.5) is 5.82 Å². The Morgan fingerprint density at radius 1 is 1.43 bits per heavy atom. The number of thiazole rings is 1. The van der Waals surface area contributed by atoms with Crippen LogP contribution in [0.25, 0.3) is 4.96 Å². The minimum atomic E-state index is -3.51. The van der Waals surface area contributed by atoms with E-state index in [0.717, 1.165) is 12.8 Å². The van der Waals surface area contributed by atoms with Crippen LogP contribution >= 0.6 is 11.3 Å². The Labute approximate surface area is 128 Å². The van der Waals surface area contributed by atoms with Crippen molar-refractivity contribution in [1.29, 1.82) is 0 Å². The highest BCUT2D eigenvalue weighted by atomic mass is 32.2. The molecule has 3 rings (SSSR count). The summed E-state index contributed by atoms with van der Waals surface area (Å²) < 4.78 is 29.3. The van der Waals surface area contributed by atoms with Crippen LogP contribution in [0.1, 0.15) is 26.7 Å². The summed E-state index contributed by atoms with van der Waals surface area (Å²) in [5.74, 6) is 1.05. The molecule has 6 nitrogen and oxygen atoms in total. The zero-order valence-corrected chi connectivity index (χ0v) is 13.9. The van der Waals surface area contributed by atoms with Gasteiger partial charge in [-0.15, -0.1) is 11.3 Å². The van der Waals surface area contributed by atoms with Crippen molar-refractivity contribution >= 4 is 32.1 Å². The lowest BCUT2D eigenvalue weighted by Gasteiger charge is -2.29. The van der Waals surface area contributed by atoms with E-state index in [2.05, 4.69) is 17.2 Å². The van der Waals surface area contributed by atoms with Crippen molar-refractivity contribution in [1.82, 2.24) is 13.7 Å². The summed E-state index contributed by atoms with van der Waals surface area (Å²) in [7, 11) is -3.51. The second-order valence-corrected chi connectivity index (χ2v) is 8.16. The van der Waals surface area contributed by atoms with Gasteiger partial charge in [-0.2, -0.15) is 4.31 Å². The van der Waals surface area contributed by atoms with Crippen LogP contribution in [0.5, 0.6) is 0 Å². The van der Waals surface area contributed by atoms with Crippen molar-refractivity contribution < 1.29 is 8.42 Å². The first-order valence-electron chi connectivity index (χ1n) is 7.23. The Hall–Kier alpha value is -1.12. The molecule has 8 heteroatoms. The third-order valence-electron chi connectivity index (χ3n) is 3.89. The molecule has 0 aliphatic carbocycles. The van der Waals surface area contributed by atoms with Crippen molar-refractivity contribution in [2.24, 2.45) is 5.92 Å². The molecule has 1 aliphatic rings. The molecule has 21 heavy (non-hydrogen) atoms. The van der Waals surface area contributed by atoms with Crippen LogP contribution in [0.2, 0.25) is 0 Å². The van der Waals surface area contributed by atoms with E-state index in [1.807, 2.05) is 12.3 Å². The summed E-state index contributed by atoms with van der Waals surface area (Å²) in [6.45, 7) is 5.93. The van der Waals surface area contributed by atoms with Crippen molar-refractivity contribution in [3.63, 3.8) is 0 Å². The molecule has 0 amide bonds. The molecule has 0 unspecified atom stereocenters. The predicted molar refractivity (Wildman–Crippen MR) is 84.4 cm³/mol. The van der Waals surface area contributed by atoms with Crippen molar-refractivity contribution in [2.75, 3.05) is 25.0 Å². The molecular formula is C13H20N4O2S2. The van der Waals surface area contributed by atoms with Gasteiger partial charge in [-0.1, -0.05) is 6.92 Å². The SMILES string of the molecule is CCNc1nc2sccn2c1S(=O)(=O)N1CCC(C)CC1. The van der Waals surface area contributed by atoms with E-state index >= 15 is 0 Å². The second kappa shape index (κ2) is 5.58. The molecule has 0 radical (unpaired) electrons. The van der Waals surface area contributed by atoms with Gasteiger partial charge in [0.25, 0.3) is 10.0 Å². The lowest BCUT2D eigenvalue weighted by molar-refractivity contribution is 0.287. The molecule has 0 saturated carbocycles. The van der Waals surface area contributed by atoms with E-state index in [1.165, 1.54) is 11.3 Å². The lowest BCUT2D eigenvalue weighted by Crippen LogP contribution is -2.38. The Balaban J connectivity index is 2.05. The lowest BCUT2D eigenvalue weighted by atomic mass is 10.0.